The summed E-state index contributed by atoms with van der Waals surface area (Å²) in [6.45, 7) is 1.48. The Labute approximate surface area is 100.0 Å². The van der Waals surface area contributed by atoms with Crippen LogP contribution in [0.3, 0.4) is 0 Å². The van der Waals surface area contributed by atoms with E-state index in [-0.39, 0.29) is 5.41 Å². The Bertz CT molecular complexity index is 506. The molecule has 0 aromatic heterocycles. The Morgan fingerprint density at radius 3 is 2.50 bits per heavy atom. The molecule has 1 aliphatic rings. The summed E-state index contributed by atoms with van der Waals surface area (Å²) in [5.74, 6) is 0.626. The van der Waals surface area contributed by atoms with Gasteiger partial charge in [-0.05, 0) is 16.3 Å². The maximum atomic E-state index is 6.12. The molecule has 2 aromatic rings. The first-order chi connectivity index (χ1) is 7.86. The first-order valence-electron chi connectivity index (χ1n) is 5.48. The summed E-state index contributed by atoms with van der Waals surface area (Å²) in [6, 6.07) is 14.9. The Balaban J connectivity index is 2.23. The lowest BCUT2D eigenvalue weighted by Gasteiger charge is -2.41. The highest BCUT2D eigenvalue weighted by atomic mass is 35.5. The molecule has 0 aliphatic carbocycles. The molecule has 1 heterocycles. The molecular weight excluding hydrogens is 220 g/mol. The minimum absolute atomic E-state index is 0.0302. The zero-order valence-corrected chi connectivity index (χ0v) is 9.70. The second-order valence-corrected chi connectivity index (χ2v) is 4.70. The number of benzene rings is 2. The number of alkyl halides is 1. The largest absolute Gasteiger partial charge is 0.379 e. The van der Waals surface area contributed by atoms with Crippen molar-refractivity contribution >= 4 is 22.4 Å². The average Bonchev–Trinajstić information content (AvgIpc) is 2.29. The predicted octanol–water partition coefficient (Wildman–Crippen LogP) is 3.35. The SMILES string of the molecule is ClCC1(c2cccc3ccccc23)COC1. The Hall–Kier alpha value is -1.05. The van der Waals surface area contributed by atoms with Crippen LogP contribution in [0, 0.1) is 0 Å². The van der Waals surface area contributed by atoms with Gasteiger partial charge in [0.15, 0.2) is 0 Å². The van der Waals surface area contributed by atoms with E-state index in [1.54, 1.807) is 0 Å². The minimum Gasteiger partial charge on any atom is -0.379 e. The van der Waals surface area contributed by atoms with Gasteiger partial charge in [-0.25, -0.2) is 0 Å². The fourth-order valence-corrected chi connectivity index (χ4v) is 2.64. The molecule has 0 radical (unpaired) electrons. The van der Waals surface area contributed by atoms with Crippen LogP contribution >= 0.6 is 11.6 Å². The van der Waals surface area contributed by atoms with Crippen LogP contribution in [-0.2, 0) is 10.2 Å². The molecule has 0 N–H and O–H groups in total. The average molecular weight is 233 g/mol. The molecule has 3 rings (SSSR count). The lowest BCUT2D eigenvalue weighted by atomic mass is 9.78. The summed E-state index contributed by atoms with van der Waals surface area (Å²) < 4.78 is 5.35. The van der Waals surface area contributed by atoms with Crippen molar-refractivity contribution in [2.24, 2.45) is 0 Å². The molecular formula is C14H13ClO. The van der Waals surface area contributed by atoms with Crippen molar-refractivity contribution in [1.82, 2.24) is 0 Å². The van der Waals surface area contributed by atoms with Crippen molar-refractivity contribution < 1.29 is 4.74 Å². The summed E-state index contributed by atoms with van der Waals surface area (Å²) in [7, 11) is 0. The van der Waals surface area contributed by atoms with Gasteiger partial charge in [-0.1, -0.05) is 42.5 Å². The van der Waals surface area contributed by atoms with Gasteiger partial charge >= 0.3 is 0 Å². The molecule has 82 valence electrons. The number of halogens is 1. The van der Waals surface area contributed by atoms with E-state index in [0.717, 1.165) is 13.2 Å². The van der Waals surface area contributed by atoms with Crippen LogP contribution in [0.1, 0.15) is 5.56 Å². The van der Waals surface area contributed by atoms with Crippen molar-refractivity contribution in [3.05, 3.63) is 48.0 Å². The van der Waals surface area contributed by atoms with Gasteiger partial charge in [0.25, 0.3) is 0 Å². The summed E-state index contributed by atoms with van der Waals surface area (Å²) in [4.78, 5) is 0. The molecule has 0 spiro atoms. The summed E-state index contributed by atoms with van der Waals surface area (Å²) in [5, 5.41) is 2.57. The molecule has 16 heavy (non-hydrogen) atoms. The van der Waals surface area contributed by atoms with Crippen LogP contribution in [0.5, 0.6) is 0 Å². The highest BCUT2D eigenvalue weighted by Gasteiger charge is 2.40. The smallest absolute Gasteiger partial charge is 0.0597 e. The minimum atomic E-state index is 0.0302. The summed E-state index contributed by atoms with van der Waals surface area (Å²) in [6.07, 6.45) is 0. The maximum absolute atomic E-state index is 6.12. The normalized spacial score (nSPS) is 18.3. The molecule has 1 saturated heterocycles. The van der Waals surface area contributed by atoms with E-state index in [2.05, 4.69) is 42.5 Å². The number of fused-ring (bicyclic) bond motifs is 1. The lowest BCUT2D eigenvalue weighted by Crippen LogP contribution is -2.48. The number of hydrogen-bond donors (Lipinski definition) is 0. The van der Waals surface area contributed by atoms with Gasteiger partial charge in [-0.2, -0.15) is 0 Å². The third-order valence-electron chi connectivity index (χ3n) is 3.37. The monoisotopic (exact) mass is 232 g/mol. The highest BCUT2D eigenvalue weighted by molar-refractivity contribution is 6.19. The van der Waals surface area contributed by atoms with Crippen LogP contribution in [0.15, 0.2) is 42.5 Å². The van der Waals surface area contributed by atoms with E-state index >= 15 is 0 Å². The highest BCUT2D eigenvalue weighted by Crippen LogP contribution is 2.37. The van der Waals surface area contributed by atoms with Crippen molar-refractivity contribution in [2.45, 2.75) is 5.41 Å². The van der Waals surface area contributed by atoms with Crippen LogP contribution in [-0.4, -0.2) is 19.1 Å². The number of ether oxygens (including phenoxy) is 1. The predicted molar refractivity (Wildman–Crippen MR) is 67.2 cm³/mol. The van der Waals surface area contributed by atoms with Crippen LogP contribution in [0.4, 0.5) is 0 Å². The summed E-state index contributed by atoms with van der Waals surface area (Å²) >= 11 is 6.12. The van der Waals surface area contributed by atoms with Gasteiger partial charge in [0, 0.05) is 5.88 Å². The molecule has 0 atom stereocenters. The first-order valence-corrected chi connectivity index (χ1v) is 6.01. The van der Waals surface area contributed by atoms with Crippen LogP contribution < -0.4 is 0 Å². The van der Waals surface area contributed by atoms with E-state index < -0.39 is 0 Å². The molecule has 1 nitrogen and oxygen atoms in total. The van der Waals surface area contributed by atoms with Gasteiger partial charge in [0.1, 0.15) is 0 Å². The molecule has 2 aromatic carbocycles. The van der Waals surface area contributed by atoms with Gasteiger partial charge in [-0.3, -0.25) is 0 Å². The second-order valence-electron chi connectivity index (χ2n) is 4.43. The molecule has 0 unspecified atom stereocenters. The van der Waals surface area contributed by atoms with Gasteiger partial charge < -0.3 is 4.74 Å². The van der Waals surface area contributed by atoms with E-state index in [1.165, 1.54) is 16.3 Å². The van der Waals surface area contributed by atoms with E-state index in [0.29, 0.717) is 5.88 Å². The van der Waals surface area contributed by atoms with Crippen molar-refractivity contribution in [3.8, 4) is 0 Å². The van der Waals surface area contributed by atoms with E-state index in [9.17, 15) is 0 Å². The van der Waals surface area contributed by atoms with E-state index in [4.69, 9.17) is 16.3 Å². The van der Waals surface area contributed by atoms with Gasteiger partial charge in [0.05, 0.1) is 18.6 Å². The first kappa shape index (κ1) is 10.1. The summed E-state index contributed by atoms with van der Waals surface area (Å²) in [5.41, 5.74) is 1.36. The van der Waals surface area contributed by atoms with Gasteiger partial charge in [-0.15, -0.1) is 11.6 Å². The standard InChI is InChI=1S/C14H13ClO/c15-8-14(9-16-10-14)13-7-3-5-11-4-1-2-6-12(11)13/h1-7H,8-10H2. The number of rotatable bonds is 2. The molecule has 2 heteroatoms. The number of hydrogen-bond acceptors (Lipinski definition) is 1. The van der Waals surface area contributed by atoms with Crippen molar-refractivity contribution in [1.29, 1.82) is 0 Å². The molecule has 0 bridgehead atoms. The molecule has 0 amide bonds. The van der Waals surface area contributed by atoms with Crippen LogP contribution in [0.2, 0.25) is 0 Å². The second kappa shape index (κ2) is 3.76. The van der Waals surface area contributed by atoms with Gasteiger partial charge in [0.2, 0.25) is 0 Å². The Kier molecular flexibility index (Phi) is 2.38. The fourth-order valence-electron chi connectivity index (χ4n) is 2.34. The van der Waals surface area contributed by atoms with E-state index in [1.807, 2.05) is 0 Å². The molecule has 1 fully saturated rings. The molecule has 1 aliphatic heterocycles. The maximum Gasteiger partial charge on any atom is 0.0597 e. The third kappa shape index (κ3) is 1.35. The quantitative estimate of drug-likeness (QED) is 0.722. The topological polar surface area (TPSA) is 9.23 Å². The van der Waals surface area contributed by atoms with Crippen LogP contribution in [0.25, 0.3) is 10.8 Å². The van der Waals surface area contributed by atoms with Crippen molar-refractivity contribution in [2.75, 3.05) is 19.1 Å². The van der Waals surface area contributed by atoms with Crippen molar-refractivity contribution in [3.63, 3.8) is 0 Å². The Morgan fingerprint density at radius 2 is 1.81 bits per heavy atom. The third-order valence-corrected chi connectivity index (χ3v) is 3.89. The zero-order valence-electron chi connectivity index (χ0n) is 8.95. The fraction of sp³-hybridized carbons (Fsp3) is 0.286. The zero-order chi connectivity index (χ0) is 11.0. The molecule has 0 saturated carbocycles. The lowest BCUT2D eigenvalue weighted by molar-refractivity contribution is -0.0472. The Morgan fingerprint density at radius 1 is 1.06 bits per heavy atom.